The molecule has 2 N–H and O–H groups in total. The Balaban J connectivity index is 2.08. The van der Waals surface area contributed by atoms with Gasteiger partial charge in [0.1, 0.15) is 0 Å². The van der Waals surface area contributed by atoms with Gasteiger partial charge in [0.15, 0.2) is 0 Å². The molecule has 0 amide bonds. The molecule has 1 fully saturated rings. The van der Waals surface area contributed by atoms with Crippen LogP contribution >= 0.6 is 0 Å². The third kappa shape index (κ3) is 2.54. The molecule has 0 unspecified atom stereocenters. The van der Waals surface area contributed by atoms with Crippen molar-refractivity contribution in [3.05, 3.63) is 11.4 Å². The predicted molar refractivity (Wildman–Crippen MR) is 56.2 cm³/mol. The van der Waals surface area contributed by atoms with Crippen LogP contribution in [0.5, 0.6) is 0 Å². The molecule has 15 heavy (non-hydrogen) atoms. The number of hydrogen-bond donors (Lipinski definition) is 1. The second-order valence-corrected chi connectivity index (χ2v) is 4.06. The third-order valence-electron chi connectivity index (χ3n) is 2.78. The maximum Gasteiger partial charge on any atom is 0.0995 e. The first-order valence-electron chi connectivity index (χ1n) is 5.45. The summed E-state index contributed by atoms with van der Waals surface area (Å²) in [5.74, 6) is 0.804. The number of aromatic nitrogens is 3. The highest BCUT2D eigenvalue weighted by atomic mass is 16.5. The normalized spacial score (nSPS) is 15.9. The van der Waals surface area contributed by atoms with Gasteiger partial charge >= 0.3 is 0 Å². The quantitative estimate of drug-likeness (QED) is 0.735. The van der Waals surface area contributed by atoms with Gasteiger partial charge in [-0.3, -0.25) is 0 Å². The van der Waals surface area contributed by atoms with Crippen LogP contribution in [0.25, 0.3) is 0 Å². The van der Waals surface area contributed by atoms with Crippen molar-refractivity contribution in [3.63, 3.8) is 0 Å². The first-order valence-corrected chi connectivity index (χ1v) is 5.45. The summed E-state index contributed by atoms with van der Waals surface area (Å²) in [4.78, 5) is 0. The minimum atomic E-state index is 0.462. The SMILES string of the molecule is COCCc1c(CN)nnn1CC1CC1. The summed E-state index contributed by atoms with van der Waals surface area (Å²) >= 11 is 0. The van der Waals surface area contributed by atoms with E-state index in [0.717, 1.165) is 30.3 Å². The highest BCUT2D eigenvalue weighted by Gasteiger charge is 2.24. The van der Waals surface area contributed by atoms with Crippen LogP contribution in [0.2, 0.25) is 0 Å². The van der Waals surface area contributed by atoms with Crippen LogP contribution in [0.3, 0.4) is 0 Å². The monoisotopic (exact) mass is 210 g/mol. The molecule has 0 spiro atoms. The fourth-order valence-electron chi connectivity index (χ4n) is 1.69. The average Bonchev–Trinajstić information content (AvgIpc) is 2.97. The van der Waals surface area contributed by atoms with Crippen LogP contribution in [-0.2, 0) is 24.2 Å². The molecule has 5 nitrogen and oxygen atoms in total. The van der Waals surface area contributed by atoms with E-state index in [2.05, 4.69) is 10.3 Å². The largest absolute Gasteiger partial charge is 0.384 e. The fourth-order valence-corrected chi connectivity index (χ4v) is 1.69. The Morgan fingerprint density at radius 3 is 2.93 bits per heavy atom. The van der Waals surface area contributed by atoms with Crippen LogP contribution in [0, 0.1) is 5.92 Å². The molecule has 2 rings (SSSR count). The van der Waals surface area contributed by atoms with Crippen molar-refractivity contribution in [1.29, 1.82) is 0 Å². The molecule has 1 aliphatic rings. The molecule has 1 aromatic rings. The van der Waals surface area contributed by atoms with Crippen LogP contribution in [-0.4, -0.2) is 28.7 Å². The van der Waals surface area contributed by atoms with Gasteiger partial charge in [-0.2, -0.15) is 0 Å². The average molecular weight is 210 g/mol. The van der Waals surface area contributed by atoms with Gasteiger partial charge in [0.25, 0.3) is 0 Å². The lowest BCUT2D eigenvalue weighted by Crippen LogP contribution is -2.11. The summed E-state index contributed by atoms with van der Waals surface area (Å²) in [6.45, 7) is 2.15. The van der Waals surface area contributed by atoms with E-state index >= 15 is 0 Å². The van der Waals surface area contributed by atoms with E-state index in [-0.39, 0.29) is 0 Å². The molecule has 0 atom stereocenters. The number of hydrogen-bond acceptors (Lipinski definition) is 4. The van der Waals surface area contributed by atoms with E-state index in [1.807, 2.05) is 4.68 Å². The van der Waals surface area contributed by atoms with Gasteiger partial charge in [-0.25, -0.2) is 4.68 Å². The number of rotatable bonds is 6. The lowest BCUT2D eigenvalue weighted by atomic mass is 10.2. The number of nitrogens with two attached hydrogens (primary N) is 1. The molecule has 84 valence electrons. The van der Waals surface area contributed by atoms with Crippen LogP contribution in [0.1, 0.15) is 24.2 Å². The molecule has 1 aliphatic carbocycles. The maximum atomic E-state index is 5.63. The highest BCUT2D eigenvalue weighted by Crippen LogP contribution is 2.30. The molecule has 0 aliphatic heterocycles. The lowest BCUT2D eigenvalue weighted by molar-refractivity contribution is 0.199. The first-order chi connectivity index (χ1) is 7.35. The topological polar surface area (TPSA) is 66.0 Å². The number of ether oxygens (including phenoxy) is 1. The standard InChI is InChI=1S/C10H18N4O/c1-15-5-4-10-9(6-11)12-13-14(10)7-8-2-3-8/h8H,2-7,11H2,1H3. The van der Waals surface area contributed by atoms with Gasteiger partial charge in [-0.15, -0.1) is 5.10 Å². The summed E-state index contributed by atoms with van der Waals surface area (Å²) in [5.41, 5.74) is 7.68. The van der Waals surface area contributed by atoms with E-state index in [1.54, 1.807) is 7.11 Å². The summed E-state index contributed by atoms with van der Waals surface area (Å²) < 4.78 is 7.08. The first kappa shape index (κ1) is 10.6. The predicted octanol–water partition coefficient (Wildman–Crippen LogP) is 0.336. The van der Waals surface area contributed by atoms with Crippen molar-refractivity contribution >= 4 is 0 Å². The molecule has 0 radical (unpaired) electrons. The maximum absolute atomic E-state index is 5.63. The molecule has 5 heteroatoms. The summed E-state index contributed by atoms with van der Waals surface area (Å²) in [6.07, 6.45) is 3.49. The second-order valence-electron chi connectivity index (χ2n) is 4.06. The van der Waals surface area contributed by atoms with Gasteiger partial charge in [0, 0.05) is 26.6 Å². The molecule has 0 aromatic carbocycles. The zero-order valence-electron chi connectivity index (χ0n) is 9.15. The zero-order valence-corrected chi connectivity index (χ0v) is 9.15. The van der Waals surface area contributed by atoms with Gasteiger partial charge in [0.05, 0.1) is 18.0 Å². The van der Waals surface area contributed by atoms with Gasteiger partial charge in [-0.1, -0.05) is 5.21 Å². The molecule has 1 heterocycles. The van der Waals surface area contributed by atoms with Crippen molar-refractivity contribution < 1.29 is 4.74 Å². The Hall–Kier alpha value is -0.940. The molecule has 0 bridgehead atoms. The number of nitrogens with zero attached hydrogens (tertiary/aromatic N) is 3. The molecule has 0 saturated heterocycles. The van der Waals surface area contributed by atoms with E-state index in [4.69, 9.17) is 10.5 Å². The van der Waals surface area contributed by atoms with Gasteiger partial charge < -0.3 is 10.5 Å². The zero-order chi connectivity index (χ0) is 10.7. The van der Waals surface area contributed by atoms with Crippen LogP contribution < -0.4 is 5.73 Å². The van der Waals surface area contributed by atoms with Crippen LogP contribution in [0.4, 0.5) is 0 Å². The minimum absolute atomic E-state index is 0.462. The minimum Gasteiger partial charge on any atom is -0.384 e. The Kier molecular flexibility index (Phi) is 3.33. The summed E-state index contributed by atoms with van der Waals surface area (Å²) in [7, 11) is 1.71. The van der Waals surface area contributed by atoms with Gasteiger partial charge in [-0.05, 0) is 18.8 Å². The van der Waals surface area contributed by atoms with Crippen molar-refractivity contribution in [2.24, 2.45) is 11.7 Å². The Morgan fingerprint density at radius 1 is 1.53 bits per heavy atom. The molecule has 1 aromatic heterocycles. The van der Waals surface area contributed by atoms with Crippen molar-refractivity contribution in [2.75, 3.05) is 13.7 Å². The van der Waals surface area contributed by atoms with Crippen molar-refractivity contribution in [3.8, 4) is 0 Å². The Bertz CT molecular complexity index is 319. The molecule has 1 saturated carbocycles. The van der Waals surface area contributed by atoms with Crippen molar-refractivity contribution in [1.82, 2.24) is 15.0 Å². The smallest absolute Gasteiger partial charge is 0.0995 e. The van der Waals surface area contributed by atoms with Crippen LogP contribution in [0.15, 0.2) is 0 Å². The molecular weight excluding hydrogens is 192 g/mol. The van der Waals surface area contributed by atoms with E-state index in [1.165, 1.54) is 12.8 Å². The second kappa shape index (κ2) is 4.72. The van der Waals surface area contributed by atoms with Gasteiger partial charge in [0.2, 0.25) is 0 Å². The van der Waals surface area contributed by atoms with E-state index < -0.39 is 0 Å². The Morgan fingerprint density at radius 2 is 2.33 bits per heavy atom. The lowest BCUT2D eigenvalue weighted by Gasteiger charge is -2.06. The van der Waals surface area contributed by atoms with E-state index in [0.29, 0.717) is 13.2 Å². The third-order valence-corrected chi connectivity index (χ3v) is 2.78. The fraction of sp³-hybridized carbons (Fsp3) is 0.800. The van der Waals surface area contributed by atoms with E-state index in [9.17, 15) is 0 Å². The number of methoxy groups -OCH3 is 1. The Labute approximate surface area is 89.6 Å². The summed E-state index contributed by atoms with van der Waals surface area (Å²) in [6, 6.07) is 0. The summed E-state index contributed by atoms with van der Waals surface area (Å²) in [5, 5.41) is 8.25. The highest BCUT2D eigenvalue weighted by molar-refractivity contribution is 5.10. The molecular formula is C10H18N4O. The van der Waals surface area contributed by atoms with Crippen molar-refractivity contribution in [2.45, 2.75) is 32.4 Å².